The van der Waals surface area contributed by atoms with Gasteiger partial charge in [0.2, 0.25) is 10.0 Å². The summed E-state index contributed by atoms with van der Waals surface area (Å²) in [5.41, 5.74) is 6.21. The Morgan fingerprint density at radius 3 is 1.87 bits per heavy atom. The maximum absolute atomic E-state index is 12.5. The van der Waals surface area contributed by atoms with Gasteiger partial charge in [-0.25, -0.2) is 42.9 Å². The Labute approximate surface area is 464 Å². The van der Waals surface area contributed by atoms with Gasteiger partial charge < -0.3 is 14.9 Å². The van der Waals surface area contributed by atoms with Crippen molar-refractivity contribution in [1.82, 2.24) is 49.3 Å². The van der Waals surface area contributed by atoms with Gasteiger partial charge in [0.25, 0.3) is 0 Å². The van der Waals surface area contributed by atoms with Crippen molar-refractivity contribution in [2.45, 2.75) is 122 Å². The lowest BCUT2D eigenvalue weighted by molar-refractivity contribution is -0.139. The van der Waals surface area contributed by atoms with Crippen LogP contribution in [0.2, 0.25) is 20.1 Å². The van der Waals surface area contributed by atoms with Gasteiger partial charge in [-0.2, -0.15) is 10.2 Å². The van der Waals surface area contributed by atoms with Crippen LogP contribution in [0.1, 0.15) is 107 Å². The van der Waals surface area contributed by atoms with E-state index in [2.05, 4.69) is 40.4 Å². The lowest BCUT2D eigenvalue weighted by atomic mass is 9.91. The normalized spacial score (nSPS) is 27.5. The molecule has 4 aliphatic heterocycles. The van der Waals surface area contributed by atoms with Gasteiger partial charge in [0.15, 0.2) is 11.3 Å². The molecule has 8 heterocycles. The van der Waals surface area contributed by atoms with Crippen LogP contribution in [0.4, 0.5) is 11.6 Å². The zero-order valence-electron chi connectivity index (χ0n) is 43.6. The summed E-state index contributed by atoms with van der Waals surface area (Å²) in [5.74, 6) is 1.32. The van der Waals surface area contributed by atoms with Crippen LogP contribution in [-0.4, -0.2) is 138 Å². The second-order valence-electron chi connectivity index (χ2n) is 22.6. The molecular formula is C54H67Cl4N13O4S. The van der Waals surface area contributed by atoms with Crippen molar-refractivity contribution in [2.24, 2.45) is 34.7 Å². The number of carboxylic acid groups (broad SMARTS) is 1. The van der Waals surface area contributed by atoms with E-state index in [9.17, 15) is 18.3 Å². The van der Waals surface area contributed by atoms with Crippen molar-refractivity contribution < 1.29 is 18.3 Å². The lowest BCUT2D eigenvalue weighted by Crippen LogP contribution is -2.52. The van der Waals surface area contributed by atoms with Crippen LogP contribution in [0, 0.1) is 43.4 Å². The number of aliphatic carboxylic acids is 1. The third-order valence-corrected chi connectivity index (χ3v) is 19.5. The predicted molar refractivity (Wildman–Crippen MR) is 299 cm³/mol. The largest absolute Gasteiger partial charge is 0.481 e. The summed E-state index contributed by atoms with van der Waals surface area (Å²) in [6.07, 6.45) is 10.4. The molecule has 1 saturated carbocycles. The van der Waals surface area contributed by atoms with Gasteiger partial charge in [-0.1, -0.05) is 72.4 Å². The highest BCUT2D eigenvalue weighted by Gasteiger charge is 2.54. The molecule has 0 spiro atoms. The molecule has 11 unspecified atom stereocenters. The minimum absolute atomic E-state index is 0.00405. The van der Waals surface area contributed by atoms with E-state index >= 15 is 0 Å². The van der Waals surface area contributed by atoms with E-state index in [1.165, 1.54) is 0 Å². The number of aromatic nitrogens is 8. The summed E-state index contributed by atoms with van der Waals surface area (Å²) < 4.78 is 27.7. The minimum Gasteiger partial charge on any atom is -0.481 e. The molecule has 0 amide bonds. The molecule has 17 nitrogen and oxygen atoms in total. The lowest BCUT2D eigenvalue weighted by Gasteiger charge is -2.44. The van der Waals surface area contributed by atoms with Crippen LogP contribution < -0.4 is 14.9 Å². The number of sulfonamides is 1. The highest BCUT2D eigenvalue weighted by Crippen LogP contribution is 2.51. The average Bonchev–Trinajstić information content (AvgIpc) is 3.61. The van der Waals surface area contributed by atoms with Crippen LogP contribution in [0.25, 0.3) is 22.3 Å². The Kier molecular flexibility index (Phi) is 15.0. The summed E-state index contributed by atoms with van der Waals surface area (Å²) >= 11 is 26.7. The molecule has 5 fully saturated rings. The van der Waals surface area contributed by atoms with E-state index in [0.717, 1.165) is 117 Å². The highest BCUT2D eigenvalue weighted by atomic mass is 35.5. The second-order valence-corrected chi connectivity index (χ2v) is 26.0. The van der Waals surface area contributed by atoms with Gasteiger partial charge >= 0.3 is 5.97 Å². The Balaban J connectivity index is 0.843. The highest BCUT2D eigenvalue weighted by molar-refractivity contribution is 7.89. The number of primary sulfonamides is 1. The molecule has 0 radical (unpaired) electrons. The molecule has 76 heavy (non-hydrogen) atoms. The molecule has 4 aromatic heterocycles. The second kappa shape index (κ2) is 21.3. The fourth-order valence-electron chi connectivity index (χ4n) is 13.7. The SMILES string of the molecule is Cc1nn(C(C)c2ccc(Cl)cc2Cl)c2nc(N3CCC(N4CC(CC(c5ccc(Cl)cc5Cl)n5nc(C)c6ncc(N7CCC(N8CCCC8CCS(N)(=O)=O)C(C)C7)nc65)CC4C4CC4C(=O)O)C(C)C3)cnc12. The van der Waals surface area contributed by atoms with Crippen molar-refractivity contribution in [3.8, 4) is 0 Å². The van der Waals surface area contributed by atoms with Gasteiger partial charge in [-0.05, 0) is 138 Å². The number of hydrogen-bond donors (Lipinski definition) is 2. The van der Waals surface area contributed by atoms with E-state index in [1.54, 1.807) is 12.1 Å². The first kappa shape index (κ1) is 53.6. The number of aryl methyl sites for hydroxylation is 2. The van der Waals surface area contributed by atoms with Crippen LogP contribution in [0.3, 0.4) is 0 Å². The molecule has 6 aromatic rings. The van der Waals surface area contributed by atoms with E-state index < -0.39 is 16.0 Å². The van der Waals surface area contributed by atoms with Gasteiger partial charge in [-0.15, -0.1) is 0 Å². The maximum Gasteiger partial charge on any atom is 0.306 e. The monoisotopic (exact) mass is 1130 g/mol. The number of fused-ring (bicyclic) bond motifs is 2. The first-order valence-corrected chi connectivity index (χ1v) is 30.1. The molecule has 406 valence electrons. The first-order chi connectivity index (χ1) is 36.3. The van der Waals surface area contributed by atoms with E-state index in [4.69, 9.17) is 81.7 Å². The van der Waals surface area contributed by atoms with Gasteiger partial charge in [-0.3, -0.25) is 14.6 Å². The van der Waals surface area contributed by atoms with Crippen molar-refractivity contribution in [3.05, 3.63) is 91.4 Å². The number of benzene rings is 2. The first-order valence-electron chi connectivity index (χ1n) is 26.9. The van der Waals surface area contributed by atoms with E-state index in [1.807, 2.05) is 59.9 Å². The molecule has 11 rings (SSSR count). The Hall–Kier alpha value is -4.40. The summed E-state index contributed by atoms with van der Waals surface area (Å²) in [7, 11) is -3.52. The maximum atomic E-state index is 12.5. The molecule has 4 saturated heterocycles. The van der Waals surface area contributed by atoms with Gasteiger partial charge in [0.05, 0.1) is 47.5 Å². The van der Waals surface area contributed by atoms with E-state index in [0.29, 0.717) is 62.6 Å². The molecule has 5 aliphatic rings. The van der Waals surface area contributed by atoms with Gasteiger partial charge in [0.1, 0.15) is 22.7 Å². The fraction of sp³-hybridized carbons (Fsp3) is 0.574. The van der Waals surface area contributed by atoms with E-state index in [-0.39, 0.29) is 59.6 Å². The van der Waals surface area contributed by atoms with Crippen LogP contribution in [-0.2, 0) is 14.8 Å². The molecule has 11 atom stereocenters. The summed E-state index contributed by atoms with van der Waals surface area (Å²) in [6.45, 7) is 15.4. The standard InChI is InChI=1S/C54H67Cl4N13O4S/c1-29-26-66(16-12-44(29)68-15-6-7-37(68)14-18-76(59,74)75)49-25-61-51-32(4)65-71(53(51)63-49)47(39-11-9-36(56)22-43(39)58)20-34-19-46(40-23-41(40)54(72)73)69(28-34)45-13-17-67(27-30(45)2)48-24-60-50-31(3)64-70(52(50)62-48)33(5)38-10-8-35(55)21-42(38)57/h8-11,21-22,24-25,29-30,33-34,37,40-41,44-47H,6-7,12-20,23,26-28H2,1-5H3,(H,72,73)(H2,59,74,75). The summed E-state index contributed by atoms with van der Waals surface area (Å²) in [6, 6.07) is 11.5. The number of rotatable bonds is 15. The number of likely N-dealkylation sites (tertiary alicyclic amines) is 2. The number of piperidine rings is 2. The molecular weight excluding hydrogens is 1070 g/mol. The van der Waals surface area contributed by atoms with Crippen LogP contribution in [0.5, 0.6) is 0 Å². The van der Waals surface area contributed by atoms with Crippen LogP contribution >= 0.6 is 46.4 Å². The number of nitrogens with two attached hydrogens (primary N) is 1. The molecule has 3 N–H and O–H groups in total. The smallest absolute Gasteiger partial charge is 0.306 e. The van der Waals surface area contributed by atoms with Crippen molar-refractivity contribution in [2.75, 3.05) is 54.8 Å². The molecule has 1 aliphatic carbocycles. The Morgan fingerprint density at radius 2 is 1.32 bits per heavy atom. The summed E-state index contributed by atoms with van der Waals surface area (Å²) in [5, 5.41) is 28.0. The Bertz CT molecular complexity index is 3290. The summed E-state index contributed by atoms with van der Waals surface area (Å²) in [4.78, 5) is 42.9. The third-order valence-electron chi connectivity index (χ3n) is 17.6. The number of nitrogens with zero attached hydrogens (tertiary/aromatic N) is 12. The molecule has 0 bridgehead atoms. The zero-order valence-corrected chi connectivity index (χ0v) is 47.5. The Morgan fingerprint density at radius 1 is 0.750 bits per heavy atom. The molecule has 2 aromatic carbocycles. The van der Waals surface area contributed by atoms with Crippen molar-refractivity contribution in [3.63, 3.8) is 0 Å². The minimum atomic E-state index is -3.52. The average molecular weight is 1140 g/mol. The van der Waals surface area contributed by atoms with Crippen molar-refractivity contribution in [1.29, 1.82) is 0 Å². The van der Waals surface area contributed by atoms with Crippen LogP contribution in [0.15, 0.2) is 48.8 Å². The number of halogens is 4. The molecule has 22 heteroatoms. The number of carboxylic acids is 1. The van der Waals surface area contributed by atoms with Crippen molar-refractivity contribution >= 4 is 96.4 Å². The zero-order chi connectivity index (χ0) is 53.5. The number of anilines is 2. The van der Waals surface area contributed by atoms with Gasteiger partial charge in [0, 0.05) is 77.0 Å². The third kappa shape index (κ3) is 10.6. The number of carbonyl (C=O) groups is 1. The topological polar surface area (TPSA) is 198 Å². The quantitative estimate of drug-likeness (QED) is 0.0986. The fourth-order valence-corrected chi connectivity index (χ4v) is 15.4. The number of hydrogen-bond acceptors (Lipinski definition) is 13. The predicted octanol–water partition coefficient (Wildman–Crippen LogP) is 9.47.